The van der Waals surface area contributed by atoms with Crippen LogP contribution in [0.2, 0.25) is 0 Å². The van der Waals surface area contributed by atoms with E-state index in [1.165, 1.54) is 4.88 Å². The van der Waals surface area contributed by atoms with Gasteiger partial charge in [-0.25, -0.2) is 9.97 Å². The van der Waals surface area contributed by atoms with Crippen LogP contribution in [0.25, 0.3) is 0 Å². The lowest BCUT2D eigenvalue weighted by molar-refractivity contribution is 0.878. The molecule has 0 amide bonds. The molecule has 2 heterocycles. The van der Waals surface area contributed by atoms with Crippen LogP contribution < -0.4 is 11.1 Å². The summed E-state index contributed by atoms with van der Waals surface area (Å²) in [5.41, 5.74) is 7.39. The highest BCUT2D eigenvalue weighted by Crippen LogP contribution is 2.30. The second-order valence-electron chi connectivity index (χ2n) is 4.15. The number of nitrogens with zero attached hydrogens (tertiary/aromatic N) is 2. The van der Waals surface area contributed by atoms with Crippen molar-refractivity contribution in [1.82, 2.24) is 9.97 Å². The Balaban J connectivity index is 2.21. The van der Waals surface area contributed by atoms with E-state index in [0.717, 1.165) is 21.0 Å². The van der Waals surface area contributed by atoms with Gasteiger partial charge in [-0.05, 0) is 42.8 Å². The Bertz CT molecular complexity index is 567. The molecule has 2 aromatic heterocycles. The summed E-state index contributed by atoms with van der Waals surface area (Å²) < 4.78 is 0.869. The second-order valence-corrected chi connectivity index (χ2v) is 6.24. The van der Waals surface area contributed by atoms with Crippen molar-refractivity contribution in [3.05, 3.63) is 32.3 Å². The predicted octanol–water partition coefficient (Wildman–Crippen LogP) is 3.67. The molecule has 2 aromatic rings. The number of thiazole rings is 1. The van der Waals surface area contributed by atoms with E-state index in [4.69, 9.17) is 5.73 Å². The first kappa shape index (κ1) is 13.3. The molecule has 0 aromatic carbocycles. The van der Waals surface area contributed by atoms with E-state index in [1.54, 1.807) is 17.5 Å². The third kappa shape index (κ3) is 2.81. The number of hydrogen-bond donors (Lipinski definition) is 2. The lowest BCUT2D eigenvalue weighted by atomic mass is 10.2. The van der Waals surface area contributed by atoms with Crippen LogP contribution >= 0.6 is 27.3 Å². The molecule has 0 aliphatic rings. The quantitative estimate of drug-likeness (QED) is 0.903. The summed E-state index contributed by atoms with van der Waals surface area (Å²) in [6.45, 7) is 6.15. The zero-order valence-corrected chi connectivity index (χ0v) is 12.9. The molecule has 18 heavy (non-hydrogen) atoms. The number of halogens is 1. The molecule has 2 rings (SSSR count). The number of nitrogen functional groups attached to an aromatic ring is 1. The van der Waals surface area contributed by atoms with Crippen molar-refractivity contribution in [2.24, 2.45) is 0 Å². The van der Waals surface area contributed by atoms with Crippen LogP contribution in [0.3, 0.4) is 0 Å². The van der Waals surface area contributed by atoms with Crippen LogP contribution in [-0.2, 0) is 0 Å². The normalized spacial score (nSPS) is 12.4. The van der Waals surface area contributed by atoms with Crippen LogP contribution in [-0.4, -0.2) is 9.97 Å². The molecule has 0 aliphatic carbocycles. The van der Waals surface area contributed by atoms with Gasteiger partial charge < -0.3 is 11.1 Å². The SMILES string of the molecule is Cc1nc(C)c(C(C)Nc2ncc(N)cc2Br)s1. The maximum absolute atomic E-state index is 5.67. The summed E-state index contributed by atoms with van der Waals surface area (Å²) in [6, 6.07) is 2.01. The molecule has 6 heteroatoms. The van der Waals surface area contributed by atoms with E-state index in [9.17, 15) is 0 Å². The number of rotatable bonds is 3. The monoisotopic (exact) mass is 326 g/mol. The number of pyridine rings is 1. The second kappa shape index (κ2) is 5.24. The Kier molecular flexibility index (Phi) is 3.87. The Morgan fingerprint density at radius 3 is 2.72 bits per heavy atom. The van der Waals surface area contributed by atoms with Gasteiger partial charge >= 0.3 is 0 Å². The average Bonchev–Trinajstić information content (AvgIpc) is 2.62. The van der Waals surface area contributed by atoms with Crippen molar-refractivity contribution in [3.63, 3.8) is 0 Å². The molecule has 0 aliphatic heterocycles. The standard InChI is InChI=1S/C12H15BrN4S/c1-6-11(18-8(3)16-6)7(2)17-12-10(13)4-9(14)5-15-12/h4-5,7H,14H2,1-3H3,(H,15,17). The fourth-order valence-electron chi connectivity index (χ4n) is 1.78. The van der Waals surface area contributed by atoms with Crippen molar-refractivity contribution in [3.8, 4) is 0 Å². The van der Waals surface area contributed by atoms with Gasteiger partial charge in [0.05, 0.1) is 33.1 Å². The van der Waals surface area contributed by atoms with Gasteiger partial charge in [-0.15, -0.1) is 11.3 Å². The highest BCUT2D eigenvalue weighted by Gasteiger charge is 2.14. The van der Waals surface area contributed by atoms with Crippen LogP contribution in [0.4, 0.5) is 11.5 Å². The number of hydrogen-bond acceptors (Lipinski definition) is 5. The minimum atomic E-state index is 0.170. The molecule has 1 atom stereocenters. The summed E-state index contributed by atoms with van der Waals surface area (Å²) >= 11 is 5.16. The number of aryl methyl sites for hydroxylation is 2. The number of aromatic nitrogens is 2. The van der Waals surface area contributed by atoms with Gasteiger partial charge in [0, 0.05) is 4.88 Å². The Morgan fingerprint density at radius 2 is 2.17 bits per heavy atom. The number of nitrogens with one attached hydrogen (secondary N) is 1. The number of anilines is 2. The fraction of sp³-hybridized carbons (Fsp3) is 0.333. The maximum atomic E-state index is 5.67. The third-order valence-corrected chi connectivity index (χ3v) is 4.41. The van der Waals surface area contributed by atoms with Crippen LogP contribution in [0.1, 0.15) is 28.5 Å². The zero-order chi connectivity index (χ0) is 13.3. The largest absolute Gasteiger partial charge is 0.397 e. The molecular weight excluding hydrogens is 312 g/mol. The van der Waals surface area contributed by atoms with Gasteiger partial charge in [-0.3, -0.25) is 0 Å². The molecule has 0 fully saturated rings. The highest BCUT2D eigenvalue weighted by molar-refractivity contribution is 9.10. The minimum absolute atomic E-state index is 0.170. The van der Waals surface area contributed by atoms with E-state index in [0.29, 0.717) is 5.69 Å². The summed E-state index contributed by atoms with van der Waals surface area (Å²) in [6.07, 6.45) is 1.64. The summed E-state index contributed by atoms with van der Waals surface area (Å²) in [4.78, 5) is 9.95. The fourth-order valence-corrected chi connectivity index (χ4v) is 3.19. The van der Waals surface area contributed by atoms with Crippen LogP contribution in [0.5, 0.6) is 0 Å². The number of nitrogens with two attached hydrogens (primary N) is 1. The topological polar surface area (TPSA) is 63.8 Å². The first-order valence-electron chi connectivity index (χ1n) is 5.59. The predicted molar refractivity (Wildman–Crippen MR) is 80.0 cm³/mol. The summed E-state index contributed by atoms with van der Waals surface area (Å²) in [5, 5.41) is 4.45. The van der Waals surface area contributed by atoms with Gasteiger partial charge in [0.2, 0.25) is 0 Å². The average molecular weight is 327 g/mol. The summed E-state index contributed by atoms with van der Waals surface area (Å²) in [7, 11) is 0. The van der Waals surface area contributed by atoms with Crippen LogP contribution in [0.15, 0.2) is 16.7 Å². The highest BCUT2D eigenvalue weighted by atomic mass is 79.9. The van der Waals surface area contributed by atoms with E-state index in [1.807, 2.05) is 19.9 Å². The molecule has 96 valence electrons. The van der Waals surface area contributed by atoms with Crippen LogP contribution in [0, 0.1) is 13.8 Å². The Hall–Kier alpha value is -1.14. The first-order valence-corrected chi connectivity index (χ1v) is 7.20. The molecule has 3 N–H and O–H groups in total. The molecule has 0 radical (unpaired) electrons. The van der Waals surface area contributed by atoms with Gasteiger partial charge in [-0.2, -0.15) is 0 Å². The van der Waals surface area contributed by atoms with Gasteiger partial charge in [0.15, 0.2) is 0 Å². The zero-order valence-electron chi connectivity index (χ0n) is 10.5. The molecule has 1 unspecified atom stereocenters. The lowest BCUT2D eigenvalue weighted by Gasteiger charge is -2.14. The van der Waals surface area contributed by atoms with E-state index in [2.05, 4.69) is 38.1 Å². The van der Waals surface area contributed by atoms with Crippen molar-refractivity contribution >= 4 is 38.8 Å². The van der Waals surface area contributed by atoms with Gasteiger partial charge in [0.25, 0.3) is 0 Å². The minimum Gasteiger partial charge on any atom is -0.397 e. The lowest BCUT2D eigenvalue weighted by Crippen LogP contribution is -2.08. The molecule has 0 saturated carbocycles. The molecule has 0 spiro atoms. The van der Waals surface area contributed by atoms with Crippen molar-refractivity contribution in [2.75, 3.05) is 11.1 Å². The van der Waals surface area contributed by atoms with Crippen molar-refractivity contribution in [2.45, 2.75) is 26.8 Å². The third-order valence-electron chi connectivity index (χ3n) is 2.55. The molecule has 4 nitrogen and oxygen atoms in total. The Labute approximate surface area is 119 Å². The maximum Gasteiger partial charge on any atom is 0.140 e. The summed E-state index contributed by atoms with van der Waals surface area (Å²) in [5.74, 6) is 0.794. The van der Waals surface area contributed by atoms with E-state index >= 15 is 0 Å². The van der Waals surface area contributed by atoms with Gasteiger partial charge in [0.1, 0.15) is 5.82 Å². The smallest absolute Gasteiger partial charge is 0.140 e. The van der Waals surface area contributed by atoms with Crippen molar-refractivity contribution < 1.29 is 0 Å². The molecule has 0 bridgehead atoms. The van der Waals surface area contributed by atoms with Crippen molar-refractivity contribution in [1.29, 1.82) is 0 Å². The molecule has 0 saturated heterocycles. The Morgan fingerprint density at radius 1 is 1.44 bits per heavy atom. The first-order chi connectivity index (χ1) is 8.47. The van der Waals surface area contributed by atoms with Gasteiger partial charge in [-0.1, -0.05) is 0 Å². The van der Waals surface area contributed by atoms with E-state index in [-0.39, 0.29) is 6.04 Å². The van der Waals surface area contributed by atoms with E-state index < -0.39 is 0 Å². The molecular formula is C12H15BrN4S.